The molecular weight excluding hydrogens is 522 g/mol. The van der Waals surface area contributed by atoms with Crippen LogP contribution in [0.2, 0.25) is 5.21 Å². The zero-order valence-electron chi connectivity index (χ0n) is 19.5. The van der Waals surface area contributed by atoms with Crippen molar-refractivity contribution in [3.05, 3.63) is 121 Å². The number of benzene rings is 4. The van der Waals surface area contributed by atoms with E-state index in [9.17, 15) is 0 Å². The Morgan fingerprint density at radius 2 is 0.941 bits per heavy atom. The van der Waals surface area contributed by atoms with Crippen LogP contribution in [0.5, 0.6) is 0 Å². The van der Waals surface area contributed by atoms with Gasteiger partial charge in [0.05, 0.1) is 10.1 Å². The van der Waals surface area contributed by atoms with Gasteiger partial charge in [-0.15, -0.1) is 0 Å². The molecule has 6 heteroatoms. The molecule has 34 heavy (non-hydrogen) atoms. The third-order valence-electron chi connectivity index (χ3n) is 5.56. The molecule has 0 aliphatic carbocycles. The standard InChI is InChI=1S/C27H27AsP.CH4O3S/c1-29(26-18-10-4-11-19-26,27-20-12-5-13-21-27)23-22-28(24-14-6-2-7-15-24)25-16-8-3-9-17-25;1-5(2,3)4/h2-21H,22-23H2,1H3;1H3,(H,2,3,4)/q+1;/p-1. The Labute approximate surface area is 209 Å². The van der Waals surface area contributed by atoms with Crippen molar-refractivity contribution in [2.24, 2.45) is 0 Å². The molecule has 0 aliphatic rings. The van der Waals surface area contributed by atoms with Crippen molar-refractivity contribution < 1.29 is 13.0 Å². The Bertz CT molecular complexity index is 1150. The van der Waals surface area contributed by atoms with Crippen molar-refractivity contribution >= 4 is 51.3 Å². The maximum absolute atomic E-state index is 9.08. The molecule has 0 aliphatic heterocycles. The quantitative estimate of drug-likeness (QED) is 0.199. The molecule has 0 fully saturated rings. The van der Waals surface area contributed by atoms with Crippen molar-refractivity contribution in [2.45, 2.75) is 5.21 Å². The molecule has 0 N–H and O–H groups in total. The van der Waals surface area contributed by atoms with Gasteiger partial charge in [-0.25, -0.2) is 8.42 Å². The van der Waals surface area contributed by atoms with E-state index in [2.05, 4.69) is 128 Å². The van der Waals surface area contributed by atoms with Crippen LogP contribution in [0.4, 0.5) is 0 Å². The number of hydrogen-bond donors (Lipinski definition) is 0. The Kier molecular flexibility index (Phi) is 9.68. The van der Waals surface area contributed by atoms with Crippen LogP contribution in [0.25, 0.3) is 0 Å². The van der Waals surface area contributed by atoms with Gasteiger partial charge in [0, 0.05) is 6.26 Å². The first-order chi connectivity index (χ1) is 16.3. The zero-order chi connectivity index (χ0) is 24.4. The molecular formula is C28H30AsO3PS. The van der Waals surface area contributed by atoms with Gasteiger partial charge in [-0.05, 0) is 0 Å². The van der Waals surface area contributed by atoms with Crippen LogP contribution >= 0.6 is 7.26 Å². The SMILES string of the molecule is CS(=O)(=O)[O-].C[P+](CC[As](c1ccccc1)c1ccccc1)(c1ccccc1)c1ccccc1. The summed E-state index contributed by atoms with van der Waals surface area (Å²) in [7, 11) is -5.35. The molecule has 0 bridgehead atoms. The maximum atomic E-state index is 9.08. The molecule has 176 valence electrons. The van der Waals surface area contributed by atoms with E-state index in [1.165, 1.54) is 22.0 Å². The van der Waals surface area contributed by atoms with Gasteiger partial charge in [-0.2, -0.15) is 0 Å². The minimum atomic E-state index is -3.92. The molecule has 0 atom stereocenters. The minimum absolute atomic E-state index is 0.604. The molecule has 0 radical (unpaired) electrons. The first-order valence-corrected chi connectivity index (χ1v) is 18.5. The molecule has 4 rings (SSSR count). The van der Waals surface area contributed by atoms with Gasteiger partial charge < -0.3 is 4.55 Å². The monoisotopic (exact) mass is 552 g/mol. The molecule has 0 spiro atoms. The van der Waals surface area contributed by atoms with E-state index in [1.807, 2.05) is 0 Å². The normalized spacial score (nSPS) is 11.5. The molecule has 0 aromatic heterocycles. The van der Waals surface area contributed by atoms with Crippen molar-refractivity contribution in [3.8, 4) is 0 Å². The average Bonchev–Trinajstić information content (AvgIpc) is 2.85. The Balaban J connectivity index is 0.000000588. The Morgan fingerprint density at radius 3 is 1.26 bits per heavy atom. The Hall–Kier alpha value is -2.22. The molecule has 0 amide bonds. The van der Waals surface area contributed by atoms with Crippen LogP contribution in [0, 0.1) is 0 Å². The van der Waals surface area contributed by atoms with Crippen LogP contribution in [0.3, 0.4) is 0 Å². The zero-order valence-corrected chi connectivity index (χ0v) is 23.1. The number of hydrogen-bond acceptors (Lipinski definition) is 3. The summed E-state index contributed by atoms with van der Waals surface area (Å²) in [5.41, 5.74) is 0. The van der Waals surface area contributed by atoms with Crippen molar-refractivity contribution in [1.29, 1.82) is 0 Å². The summed E-state index contributed by atoms with van der Waals surface area (Å²) in [5.74, 6) is 0. The summed E-state index contributed by atoms with van der Waals surface area (Å²) < 4.78 is 30.3. The van der Waals surface area contributed by atoms with Crippen LogP contribution in [0.15, 0.2) is 121 Å². The summed E-state index contributed by atoms with van der Waals surface area (Å²) in [6.07, 6.45) is 1.86. The van der Waals surface area contributed by atoms with E-state index in [0.29, 0.717) is 6.26 Å². The van der Waals surface area contributed by atoms with Gasteiger partial charge in [-0.1, -0.05) is 0 Å². The van der Waals surface area contributed by atoms with E-state index in [0.717, 1.165) is 0 Å². The molecule has 4 aromatic rings. The Morgan fingerprint density at radius 1 is 0.647 bits per heavy atom. The predicted molar refractivity (Wildman–Crippen MR) is 148 cm³/mol. The summed E-state index contributed by atoms with van der Waals surface area (Å²) in [6, 6.07) is 44.8. The van der Waals surface area contributed by atoms with E-state index in [1.54, 1.807) is 8.70 Å². The van der Waals surface area contributed by atoms with E-state index >= 15 is 0 Å². The van der Waals surface area contributed by atoms with Gasteiger partial charge in [0.25, 0.3) is 0 Å². The summed E-state index contributed by atoms with van der Waals surface area (Å²) >= 11 is -1.35. The summed E-state index contributed by atoms with van der Waals surface area (Å²) in [4.78, 5) is 0. The van der Waals surface area contributed by atoms with E-state index in [-0.39, 0.29) is 0 Å². The van der Waals surface area contributed by atoms with Crippen LogP contribution in [0.1, 0.15) is 0 Å². The molecule has 0 unspecified atom stereocenters. The van der Waals surface area contributed by atoms with Crippen LogP contribution < -0.4 is 19.3 Å². The first-order valence-electron chi connectivity index (χ1n) is 11.0. The second-order valence-corrected chi connectivity index (χ2v) is 18.3. The molecule has 0 saturated carbocycles. The van der Waals surface area contributed by atoms with Crippen LogP contribution in [-0.4, -0.2) is 46.7 Å². The van der Waals surface area contributed by atoms with Crippen molar-refractivity contribution in [3.63, 3.8) is 0 Å². The topological polar surface area (TPSA) is 57.2 Å². The van der Waals surface area contributed by atoms with Gasteiger partial charge in [-0.3, -0.25) is 0 Å². The van der Waals surface area contributed by atoms with Gasteiger partial charge in [0.2, 0.25) is 0 Å². The molecule has 0 saturated heterocycles. The molecule has 3 nitrogen and oxygen atoms in total. The average molecular weight is 553 g/mol. The fraction of sp³-hybridized carbons (Fsp3) is 0.143. The van der Waals surface area contributed by atoms with E-state index < -0.39 is 32.0 Å². The summed E-state index contributed by atoms with van der Waals surface area (Å²) in [5, 5.41) is 4.32. The fourth-order valence-electron chi connectivity index (χ4n) is 3.84. The first kappa shape index (κ1) is 26.4. The van der Waals surface area contributed by atoms with Crippen molar-refractivity contribution in [1.82, 2.24) is 0 Å². The van der Waals surface area contributed by atoms with E-state index in [4.69, 9.17) is 13.0 Å². The third-order valence-corrected chi connectivity index (χ3v) is 15.6. The summed E-state index contributed by atoms with van der Waals surface area (Å²) in [6.45, 7) is 2.53. The second-order valence-electron chi connectivity index (χ2n) is 8.11. The fourth-order valence-corrected chi connectivity index (χ4v) is 14.6. The van der Waals surface area contributed by atoms with Gasteiger partial charge >= 0.3 is 181 Å². The van der Waals surface area contributed by atoms with Gasteiger partial charge in [0.1, 0.15) is 0 Å². The van der Waals surface area contributed by atoms with Crippen molar-refractivity contribution in [2.75, 3.05) is 19.1 Å². The molecule has 0 heterocycles. The van der Waals surface area contributed by atoms with Gasteiger partial charge in [0.15, 0.2) is 0 Å². The van der Waals surface area contributed by atoms with Crippen LogP contribution in [-0.2, 0) is 10.1 Å². The number of rotatable bonds is 7. The predicted octanol–water partition coefficient (Wildman–Crippen LogP) is 3.76. The molecule has 4 aromatic carbocycles. The second kappa shape index (κ2) is 12.5. The third kappa shape index (κ3) is 7.93.